The molecule has 0 aliphatic rings. The van der Waals surface area contributed by atoms with Gasteiger partial charge >= 0.3 is 5.97 Å². The number of nitrogens with zero attached hydrogens (tertiary/aromatic N) is 3. The first-order valence-corrected chi connectivity index (χ1v) is 5.24. The zero-order chi connectivity index (χ0) is 12.4. The second-order valence-corrected chi connectivity index (χ2v) is 3.98. The van der Waals surface area contributed by atoms with Gasteiger partial charge < -0.3 is 5.11 Å². The molecule has 0 aliphatic carbocycles. The van der Waals surface area contributed by atoms with Gasteiger partial charge in [0.1, 0.15) is 5.56 Å². The quantitative estimate of drug-likeness (QED) is 0.871. The maximum absolute atomic E-state index is 10.9. The first-order valence-electron chi connectivity index (χ1n) is 5.24. The average Bonchev–Trinajstić information content (AvgIpc) is 2.61. The normalized spacial score (nSPS) is 10.5. The van der Waals surface area contributed by atoms with Crippen molar-refractivity contribution in [3.05, 3.63) is 47.0 Å². The van der Waals surface area contributed by atoms with Gasteiger partial charge in [0.25, 0.3) is 0 Å². The number of rotatable bonds is 3. The molecule has 1 N–H and O–H groups in total. The zero-order valence-electron chi connectivity index (χ0n) is 9.71. The molecule has 0 fully saturated rings. The lowest BCUT2D eigenvalue weighted by Gasteiger charge is -2.05. The molecule has 2 aromatic heterocycles. The van der Waals surface area contributed by atoms with Crippen LogP contribution >= 0.6 is 0 Å². The number of carbonyl (C=O) groups is 1. The number of carboxylic acid groups (broad SMARTS) is 1. The van der Waals surface area contributed by atoms with Gasteiger partial charge in [0.2, 0.25) is 0 Å². The molecule has 0 aliphatic heterocycles. The highest BCUT2D eigenvalue weighted by Crippen LogP contribution is 2.10. The first kappa shape index (κ1) is 11.3. The van der Waals surface area contributed by atoms with E-state index < -0.39 is 5.97 Å². The maximum Gasteiger partial charge on any atom is 0.339 e. The number of aromatic carboxylic acids is 1. The van der Waals surface area contributed by atoms with Gasteiger partial charge in [0.15, 0.2) is 0 Å². The minimum atomic E-state index is -0.948. The minimum Gasteiger partial charge on any atom is -0.478 e. The third-order valence-corrected chi connectivity index (χ3v) is 2.60. The Kier molecular flexibility index (Phi) is 2.91. The fraction of sp³-hybridized carbons (Fsp3) is 0.250. The van der Waals surface area contributed by atoms with E-state index in [-0.39, 0.29) is 5.56 Å². The third-order valence-electron chi connectivity index (χ3n) is 2.60. The van der Waals surface area contributed by atoms with E-state index in [9.17, 15) is 4.79 Å². The van der Waals surface area contributed by atoms with Crippen LogP contribution in [0.4, 0.5) is 0 Å². The SMILES string of the molecule is Cc1cncc(Cn2ncc(C(=O)O)c2C)c1. The molecule has 5 heteroatoms. The van der Waals surface area contributed by atoms with Crippen molar-refractivity contribution in [3.63, 3.8) is 0 Å². The van der Waals surface area contributed by atoms with Gasteiger partial charge in [0.05, 0.1) is 18.4 Å². The third kappa shape index (κ3) is 2.33. The number of carboxylic acids is 1. The van der Waals surface area contributed by atoms with E-state index >= 15 is 0 Å². The van der Waals surface area contributed by atoms with Crippen LogP contribution in [-0.4, -0.2) is 25.8 Å². The largest absolute Gasteiger partial charge is 0.478 e. The Morgan fingerprint density at radius 2 is 2.12 bits per heavy atom. The van der Waals surface area contributed by atoms with Gasteiger partial charge in [-0.05, 0) is 25.0 Å². The van der Waals surface area contributed by atoms with Crippen molar-refractivity contribution in [3.8, 4) is 0 Å². The second-order valence-electron chi connectivity index (χ2n) is 3.98. The Morgan fingerprint density at radius 3 is 2.71 bits per heavy atom. The molecule has 0 atom stereocenters. The zero-order valence-corrected chi connectivity index (χ0v) is 9.71. The molecule has 0 saturated carbocycles. The molecule has 2 aromatic rings. The highest BCUT2D eigenvalue weighted by atomic mass is 16.4. The van der Waals surface area contributed by atoms with Crippen molar-refractivity contribution in [1.29, 1.82) is 0 Å². The van der Waals surface area contributed by atoms with Gasteiger partial charge in [-0.15, -0.1) is 0 Å². The summed E-state index contributed by atoms with van der Waals surface area (Å²) in [6, 6.07) is 2.01. The van der Waals surface area contributed by atoms with Crippen LogP contribution < -0.4 is 0 Å². The van der Waals surface area contributed by atoms with Crippen LogP contribution in [0.2, 0.25) is 0 Å². The summed E-state index contributed by atoms with van der Waals surface area (Å²) in [6.45, 7) is 4.25. The Bertz CT molecular complexity index is 561. The van der Waals surface area contributed by atoms with Crippen molar-refractivity contribution in [2.75, 3.05) is 0 Å². The number of aryl methyl sites for hydroxylation is 1. The van der Waals surface area contributed by atoms with E-state index in [2.05, 4.69) is 10.1 Å². The summed E-state index contributed by atoms with van der Waals surface area (Å²) in [7, 11) is 0. The molecule has 2 heterocycles. The van der Waals surface area contributed by atoms with E-state index in [4.69, 9.17) is 5.11 Å². The van der Waals surface area contributed by atoms with Gasteiger partial charge in [-0.25, -0.2) is 4.79 Å². The monoisotopic (exact) mass is 231 g/mol. The van der Waals surface area contributed by atoms with Crippen LogP contribution in [0.1, 0.15) is 27.2 Å². The Morgan fingerprint density at radius 1 is 1.35 bits per heavy atom. The van der Waals surface area contributed by atoms with E-state index in [1.165, 1.54) is 6.20 Å². The average molecular weight is 231 g/mol. The molecule has 0 amide bonds. The van der Waals surface area contributed by atoms with Crippen LogP contribution in [0, 0.1) is 13.8 Å². The van der Waals surface area contributed by atoms with Crippen LogP contribution in [0.5, 0.6) is 0 Å². The maximum atomic E-state index is 10.9. The summed E-state index contributed by atoms with van der Waals surface area (Å²) >= 11 is 0. The lowest BCUT2D eigenvalue weighted by atomic mass is 10.2. The number of hydrogen-bond acceptors (Lipinski definition) is 3. The topological polar surface area (TPSA) is 68.0 Å². The van der Waals surface area contributed by atoms with Crippen molar-refractivity contribution in [2.24, 2.45) is 0 Å². The lowest BCUT2D eigenvalue weighted by Crippen LogP contribution is -2.06. The molecule has 0 bridgehead atoms. The molecule has 88 valence electrons. The van der Waals surface area contributed by atoms with E-state index in [1.54, 1.807) is 24.0 Å². The fourth-order valence-electron chi connectivity index (χ4n) is 1.69. The molecule has 0 unspecified atom stereocenters. The lowest BCUT2D eigenvalue weighted by molar-refractivity contribution is 0.0696. The molecule has 0 radical (unpaired) electrons. The van der Waals surface area contributed by atoms with Crippen LogP contribution in [0.25, 0.3) is 0 Å². The summed E-state index contributed by atoms with van der Waals surface area (Å²) in [5.74, 6) is -0.948. The Hall–Kier alpha value is -2.17. The van der Waals surface area contributed by atoms with Crippen LogP contribution in [-0.2, 0) is 6.54 Å². The highest BCUT2D eigenvalue weighted by Gasteiger charge is 2.12. The number of hydrogen-bond donors (Lipinski definition) is 1. The predicted octanol–water partition coefficient (Wildman–Crippen LogP) is 1.64. The van der Waals surface area contributed by atoms with Crippen molar-refractivity contribution in [2.45, 2.75) is 20.4 Å². The summed E-state index contributed by atoms with van der Waals surface area (Å²) < 4.78 is 1.67. The number of aromatic nitrogens is 3. The van der Waals surface area contributed by atoms with Gasteiger partial charge in [-0.2, -0.15) is 5.10 Å². The first-order chi connectivity index (χ1) is 8.08. The summed E-state index contributed by atoms with van der Waals surface area (Å²) in [5.41, 5.74) is 2.98. The van der Waals surface area contributed by atoms with Gasteiger partial charge in [-0.1, -0.05) is 6.07 Å². The predicted molar refractivity (Wildman–Crippen MR) is 62.0 cm³/mol. The molecule has 0 saturated heterocycles. The van der Waals surface area contributed by atoms with Crippen molar-refractivity contribution in [1.82, 2.24) is 14.8 Å². The number of pyridine rings is 1. The molecule has 2 rings (SSSR count). The molecule has 0 aromatic carbocycles. The minimum absolute atomic E-state index is 0.241. The molecule has 0 spiro atoms. The molecule has 5 nitrogen and oxygen atoms in total. The van der Waals surface area contributed by atoms with Gasteiger partial charge in [-0.3, -0.25) is 9.67 Å². The standard InChI is InChI=1S/C12H13N3O2/c1-8-3-10(5-13-4-8)7-15-9(2)11(6-14-15)12(16)17/h3-6H,7H2,1-2H3,(H,16,17). The molecular formula is C12H13N3O2. The summed E-state index contributed by atoms with van der Waals surface area (Å²) in [6.07, 6.45) is 4.91. The van der Waals surface area contributed by atoms with Crippen LogP contribution in [0.15, 0.2) is 24.7 Å². The van der Waals surface area contributed by atoms with Crippen LogP contribution in [0.3, 0.4) is 0 Å². The fourth-order valence-corrected chi connectivity index (χ4v) is 1.69. The second kappa shape index (κ2) is 4.37. The molecule has 17 heavy (non-hydrogen) atoms. The highest BCUT2D eigenvalue weighted by molar-refractivity contribution is 5.88. The Balaban J connectivity index is 2.28. The summed E-state index contributed by atoms with van der Waals surface area (Å²) in [4.78, 5) is 15.0. The van der Waals surface area contributed by atoms with E-state index in [0.29, 0.717) is 12.2 Å². The van der Waals surface area contributed by atoms with E-state index in [0.717, 1.165) is 11.1 Å². The van der Waals surface area contributed by atoms with Crippen molar-refractivity contribution < 1.29 is 9.90 Å². The Labute approximate surface area is 98.7 Å². The van der Waals surface area contributed by atoms with E-state index in [1.807, 2.05) is 13.0 Å². The van der Waals surface area contributed by atoms with Crippen molar-refractivity contribution >= 4 is 5.97 Å². The summed E-state index contributed by atoms with van der Waals surface area (Å²) in [5, 5.41) is 13.0. The van der Waals surface area contributed by atoms with Gasteiger partial charge in [0, 0.05) is 12.4 Å². The smallest absolute Gasteiger partial charge is 0.339 e. The molecular weight excluding hydrogens is 218 g/mol.